The van der Waals surface area contributed by atoms with Gasteiger partial charge >= 0.3 is 5.91 Å². The number of hydrogen-bond acceptors (Lipinski definition) is 5. The van der Waals surface area contributed by atoms with Crippen LogP contribution in [0.3, 0.4) is 0 Å². The van der Waals surface area contributed by atoms with Crippen molar-refractivity contribution in [1.29, 1.82) is 5.26 Å². The van der Waals surface area contributed by atoms with Gasteiger partial charge in [0.1, 0.15) is 0 Å². The highest BCUT2D eigenvalue weighted by molar-refractivity contribution is 7.71. The summed E-state index contributed by atoms with van der Waals surface area (Å²) in [5.74, 6) is -0.0143. The molecule has 0 unspecified atom stereocenters. The number of nitrogens with one attached hydrogen (secondary N) is 1. The maximum absolute atomic E-state index is 11.9. The van der Waals surface area contributed by atoms with Crippen molar-refractivity contribution < 1.29 is 9.21 Å². The Morgan fingerprint density at radius 2 is 2.56 bits per heavy atom. The quantitative estimate of drug-likeness (QED) is 0.791. The molecular weight excluding hydrogens is 228 g/mol. The molecule has 80 valence electrons. The van der Waals surface area contributed by atoms with Gasteiger partial charge in [0, 0.05) is 0 Å². The first-order valence-corrected chi connectivity index (χ1v) is 4.76. The van der Waals surface area contributed by atoms with Gasteiger partial charge in [-0.05, 0) is 24.4 Å². The van der Waals surface area contributed by atoms with Crippen LogP contribution in [0.15, 0.2) is 22.8 Å². The lowest BCUT2D eigenvalue weighted by Crippen LogP contribution is -2.14. The van der Waals surface area contributed by atoms with Crippen LogP contribution in [0.1, 0.15) is 16.4 Å². The summed E-state index contributed by atoms with van der Waals surface area (Å²) in [6.07, 6.45) is 1.39. The number of carbonyl (C=O) groups is 1. The van der Waals surface area contributed by atoms with Crippen LogP contribution in [0.25, 0.3) is 0 Å². The average molecular weight is 234 g/mol. The van der Waals surface area contributed by atoms with Gasteiger partial charge in [0.05, 0.1) is 18.8 Å². The molecule has 0 atom stereocenters. The zero-order valence-corrected chi connectivity index (χ0v) is 8.82. The third-order valence-corrected chi connectivity index (χ3v) is 2.19. The van der Waals surface area contributed by atoms with E-state index in [0.717, 1.165) is 4.57 Å². The molecule has 0 saturated carbocycles. The van der Waals surface area contributed by atoms with Gasteiger partial charge in [0.25, 0.3) is 0 Å². The monoisotopic (exact) mass is 234 g/mol. The van der Waals surface area contributed by atoms with Crippen LogP contribution >= 0.6 is 12.2 Å². The summed E-state index contributed by atoms with van der Waals surface area (Å²) in [7, 11) is 0. The summed E-state index contributed by atoms with van der Waals surface area (Å²) in [5.41, 5.74) is 0. The minimum absolute atomic E-state index is 0.000408. The Balaban J connectivity index is 2.48. The van der Waals surface area contributed by atoms with Crippen molar-refractivity contribution in [2.45, 2.75) is 6.42 Å². The highest BCUT2D eigenvalue weighted by atomic mass is 32.1. The van der Waals surface area contributed by atoms with Crippen molar-refractivity contribution in [3.05, 3.63) is 34.8 Å². The number of rotatable bonds is 2. The Bertz CT molecular complexity index is 602. The Morgan fingerprint density at radius 3 is 3.19 bits per heavy atom. The second-order valence-corrected chi connectivity index (χ2v) is 3.28. The fraction of sp³-hybridized carbons (Fsp3) is 0.111. The molecule has 0 aliphatic heterocycles. The van der Waals surface area contributed by atoms with E-state index in [1.807, 2.05) is 6.07 Å². The minimum Gasteiger partial charge on any atom is -0.459 e. The molecule has 6 nitrogen and oxygen atoms in total. The second-order valence-electron chi connectivity index (χ2n) is 2.90. The maximum atomic E-state index is 11.9. The van der Waals surface area contributed by atoms with E-state index in [1.54, 1.807) is 6.07 Å². The highest BCUT2D eigenvalue weighted by Crippen LogP contribution is 2.07. The Hall–Kier alpha value is -2.20. The number of hydrogen-bond donors (Lipinski definition) is 1. The molecule has 0 fully saturated rings. The molecular formula is C9H6N4O2S. The third-order valence-electron chi connectivity index (χ3n) is 1.91. The van der Waals surface area contributed by atoms with E-state index in [1.165, 1.54) is 12.3 Å². The van der Waals surface area contributed by atoms with Crippen LogP contribution in [0.2, 0.25) is 0 Å². The molecule has 0 saturated heterocycles. The zero-order valence-electron chi connectivity index (χ0n) is 8.01. The van der Waals surface area contributed by atoms with E-state index in [4.69, 9.17) is 21.9 Å². The molecule has 0 bridgehead atoms. The molecule has 2 rings (SSSR count). The van der Waals surface area contributed by atoms with E-state index in [0.29, 0.717) is 0 Å². The summed E-state index contributed by atoms with van der Waals surface area (Å²) in [6, 6.07) is 5.02. The lowest BCUT2D eigenvalue weighted by molar-refractivity contribution is 0.0927. The molecule has 0 radical (unpaired) electrons. The van der Waals surface area contributed by atoms with Crippen LogP contribution < -0.4 is 0 Å². The maximum Gasteiger partial charge on any atom is 0.301 e. The van der Waals surface area contributed by atoms with Gasteiger partial charge in [0.2, 0.25) is 4.77 Å². The van der Waals surface area contributed by atoms with Crippen molar-refractivity contribution in [1.82, 2.24) is 14.8 Å². The van der Waals surface area contributed by atoms with Crippen molar-refractivity contribution in [2.24, 2.45) is 0 Å². The van der Waals surface area contributed by atoms with Gasteiger partial charge in [-0.15, -0.1) is 0 Å². The lowest BCUT2D eigenvalue weighted by atomic mass is 10.4. The molecule has 0 amide bonds. The molecule has 0 spiro atoms. The first-order valence-electron chi connectivity index (χ1n) is 4.35. The second kappa shape index (κ2) is 4.12. The third kappa shape index (κ3) is 1.66. The number of carbonyl (C=O) groups excluding carboxylic acids is 1. The van der Waals surface area contributed by atoms with E-state index in [-0.39, 0.29) is 22.8 Å². The zero-order chi connectivity index (χ0) is 11.5. The number of aromatic nitrogens is 3. The summed E-state index contributed by atoms with van der Waals surface area (Å²) < 4.78 is 6.26. The van der Waals surface area contributed by atoms with E-state index in [2.05, 4.69) is 10.2 Å². The van der Waals surface area contributed by atoms with Crippen LogP contribution in [-0.4, -0.2) is 20.7 Å². The topological polar surface area (TPSA) is 87.6 Å². The van der Waals surface area contributed by atoms with Crippen LogP contribution in [0.4, 0.5) is 0 Å². The normalized spacial score (nSPS) is 9.94. The highest BCUT2D eigenvalue weighted by Gasteiger charge is 2.17. The summed E-state index contributed by atoms with van der Waals surface area (Å²) in [4.78, 5) is 11.9. The predicted molar refractivity (Wildman–Crippen MR) is 55.2 cm³/mol. The van der Waals surface area contributed by atoms with Crippen LogP contribution in [0.5, 0.6) is 0 Å². The number of H-pyrrole nitrogens is 1. The number of furan rings is 1. The predicted octanol–water partition coefficient (Wildman–Crippen LogP) is 1.29. The molecule has 0 aromatic carbocycles. The van der Waals surface area contributed by atoms with Gasteiger partial charge in [-0.2, -0.15) is 10.4 Å². The SMILES string of the molecule is N#CCc1n[nH]c(=S)n1C(=O)c1ccco1. The fourth-order valence-corrected chi connectivity index (χ4v) is 1.47. The number of nitriles is 1. The van der Waals surface area contributed by atoms with Crippen molar-refractivity contribution in [3.63, 3.8) is 0 Å². The van der Waals surface area contributed by atoms with Gasteiger partial charge in [-0.3, -0.25) is 9.89 Å². The summed E-state index contributed by atoms with van der Waals surface area (Å²) >= 11 is 4.91. The van der Waals surface area contributed by atoms with Gasteiger partial charge < -0.3 is 4.42 Å². The molecule has 2 aromatic rings. The van der Waals surface area contributed by atoms with Crippen LogP contribution in [-0.2, 0) is 6.42 Å². The number of aromatic amines is 1. The Morgan fingerprint density at radius 1 is 1.75 bits per heavy atom. The lowest BCUT2D eigenvalue weighted by Gasteiger charge is -1.99. The Labute approximate surface area is 95.1 Å². The van der Waals surface area contributed by atoms with Crippen molar-refractivity contribution in [2.75, 3.05) is 0 Å². The molecule has 0 aliphatic carbocycles. The molecule has 0 aliphatic rings. The Kier molecular flexibility index (Phi) is 2.66. The average Bonchev–Trinajstić information content (AvgIpc) is 2.88. The first-order chi connectivity index (χ1) is 7.74. The minimum atomic E-state index is -0.436. The molecule has 2 aromatic heterocycles. The van der Waals surface area contributed by atoms with E-state index < -0.39 is 5.91 Å². The smallest absolute Gasteiger partial charge is 0.301 e. The van der Waals surface area contributed by atoms with E-state index in [9.17, 15) is 4.79 Å². The van der Waals surface area contributed by atoms with E-state index >= 15 is 0 Å². The van der Waals surface area contributed by atoms with Crippen molar-refractivity contribution in [3.8, 4) is 6.07 Å². The standard InChI is InChI=1S/C9H6N4O2S/c10-4-3-7-11-12-9(16)13(7)8(14)6-2-1-5-15-6/h1-2,5H,3H2,(H,12,16). The largest absolute Gasteiger partial charge is 0.459 e. The van der Waals surface area contributed by atoms with Gasteiger partial charge in [-0.1, -0.05) is 0 Å². The van der Waals surface area contributed by atoms with Gasteiger partial charge in [0.15, 0.2) is 11.6 Å². The molecule has 1 N–H and O–H groups in total. The van der Waals surface area contributed by atoms with Gasteiger partial charge in [-0.25, -0.2) is 4.57 Å². The summed E-state index contributed by atoms with van der Waals surface area (Å²) in [6.45, 7) is 0. The molecule has 7 heteroatoms. The fourth-order valence-electron chi connectivity index (χ4n) is 1.24. The molecule has 16 heavy (non-hydrogen) atoms. The summed E-state index contributed by atoms with van der Waals surface area (Å²) in [5, 5.41) is 14.8. The number of nitrogens with zero attached hydrogens (tertiary/aromatic N) is 3. The first kappa shape index (κ1) is 10.3. The molecule has 2 heterocycles. The van der Waals surface area contributed by atoms with Crippen molar-refractivity contribution >= 4 is 18.1 Å². The van der Waals surface area contributed by atoms with Crippen LogP contribution in [0, 0.1) is 16.1 Å².